The van der Waals surface area contributed by atoms with Crippen LogP contribution >= 0.6 is 11.6 Å². The van der Waals surface area contributed by atoms with E-state index in [9.17, 15) is 9.59 Å². The summed E-state index contributed by atoms with van der Waals surface area (Å²) in [5.74, 6) is -1.44. The number of carboxylic acid groups (broad SMARTS) is 1. The number of carbonyl (C=O) groups excluding carboxylic acids is 1. The first-order valence-corrected chi connectivity index (χ1v) is 6.62. The lowest BCUT2D eigenvalue weighted by atomic mass is 10.2. The normalized spacial score (nSPS) is 11.9. The molecular weight excluding hydrogens is 282 g/mol. The molecule has 0 heterocycles. The number of amides is 1. The Bertz CT molecular complexity index is 451. The molecule has 0 bridgehead atoms. The summed E-state index contributed by atoms with van der Waals surface area (Å²) in [6.07, 6.45) is 0.505. The fourth-order valence-corrected chi connectivity index (χ4v) is 1.68. The number of nitrogens with one attached hydrogen (secondary N) is 2. The van der Waals surface area contributed by atoms with Crippen LogP contribution in [-0.4, -0.2) is 36.1 Å². The van der Waals surface area contributed by atoms with Gasteiger partial charge in [0.25, 0.3) is 0 Å². The zero-order valence-electron chi connectivity index (χ0n) is 10.9. The minimum absolute atomic E-state index is 0.150. The molecule has 5 N–H and O–H groups in total. The van der Waals surface area contributed by atoms with Gasteiger partial charge in [-0.05, 0) is 43.8 Å². The molecule has 110 valence electrons. The Labute approximate surface area is 122 Å². The van der Waals surface area contributed by atoms with Crippen LogP contribution in [-0.2, 0) is 9.59 Å². The van der Waals surface area contributed by atoms with Crippen LogP contribution in [0, 0.1) is 0 Å². The molecule has 0 spiro atoms. The summed E-state index contributed by atoms with van der Waals surface area (Å²) in [6, 6.07) is 5.67. The molecule has 0 aliphatic heterocycles. The van der Waals surface area contributed by atoms with Crippen molar-refractivity contribution >= 4 is 29.2 Å². The van der Waals surface area contributed by atoms with E-state index in [0.717, 1.165) is 0 Å². The molecule has 1 atom stereocenters. The number of nitrogens with two attached hydrogens (primary N) is 1. The number of anilines is 1. The number of hydrogen-bond donors (Lipinski definition) is 4. The summed E-state index contributed by atoms with van der Waals surface area (Å²) in [7, 11) is 0. The number of hydrogen-bond acceptors (Lipinski definition) is 4. The van der Waals surface area contributed by atoms with E-state index < -0.39 is 12.0 Å². The van der Waals surface area contributed by atoms with E-state index in [4.69, 9.17) is 22.4 Å². The van der Waals surface area contributed by atoms with Crippen LogP contribution in [0.3, 0.4) is 0 Å². The van der Waals surface area contributed by atoms with Crippen molar-refractivity contribution in [2.75, 3.05) is 18.4 Å². The second-order valence-electron chi connectivity index (χ2n) is 4.25. The Morgan fingerprint density at radius 2 is 1.95 bits per heavy atom. The highest BCUT2D eigenvalue weighted by Crippen LogP contribution is 2.13. The third-order valence-corrected chi connectivity index (χ3v) is 2.84. The van der Waals surface area contributed by atoms with Crippen molar-refractivity contribution in [1.29, 1.82) is 0 Å². The molecule has 6 nitrogen and oxygen atoms in total. The average molecular weight is 300 g/mol. The molecule has 0 unspecified atom stereocenters. The van der Waals surface area contributed by atoms with Gasteiger partial charge in [-0.25, -0.2) is 0 Å². The largest absolute Gasteiger partial charge is 0.480 e. The van der Waals surface area contributed by atoms with Crippen LogP contribution in [0.25, 0.3) is 0 Å². The zero-order chi connectivity index (χ0) is 15.0. The van der Waals surface area contributed by atoms with Gasteiger partial charge in [0.05, 0.1) is 6.42 Å². The van der Waals surface area contributed by atoms with E-state index in [-0.39, 0.29) is 12.3 Å². The number of carbonyl (C=O) groups is 2. The zero-order valence-corrected chi connectivity index (χ0v) is 11.7. The molecule has 0 aromatic heterocycles. The number of carboxylic acids is 1. The van der Waals surface area contributed by atoms with Gasteiger partial charge in [-0.1, -0.05) is 11.6 Å². The van der Waals surface area contributed by atoms with Crippen molar-refractivity contribution < 1.29 is 14.7 Å². The molecule has 0 saturated carbocycles. The maximum absolute atomic E-state index is 11.8. The Morgan fingerprint density at radius 3 is 2.50 bits per heavy atom. The van der Waals surface area contributed by atoms with Gasteiger partial charge in [0.1, 0.15) is 6.04 Å². The fourth-order valence-electron chi connectivity index (χ4n) is 1.56. The molecule has 20 heavy (non-hydrogen) atoms. The van der Waals surface area contributed by atoms with Gasteiger partial charge in [-0.2, -0.15) is 0 Å². The van der Waals surface area contributed by atoms with Gasteiger partial charge < -0.3 is 21.5 Å². The molecule has 7 heteroatoms. The van der Waals surface area contributed by atoms with Crippen LogP contribution in [0.2, 0.25) is 5.02 Å². The number of rotatable bonds is 8. The van der Waals surface area contributed by atoms with E-state index in [1.54, 1.807) is 24.3 Å². The van der Waals surface area contributed by atoms with Crippen LogP contribution in [0.15, 0.2) is 24.3 Å². The predicted molar refractivity (Wildman–Crippen MR) is 77.8 cm³/mol. The maximum Gasteiger partial charge on any atom is 0.321 e. The van der Waals surface area contributed by atoms with Gasteiger partial charge >= 0.3 is 5.97 Å². The Kier molecular flexibility index (Phi) is 7.00. The van der Waals surface area contributed by atoms with Crippen LogP contribution < -0.4 is 16.4 Å². The molecule has 1 rings (SSSR count). The second-order valence-corrected chi connectivity index (χ2v) is 4.68. The molecule has 0 aliphatic carbocycles. The molecule has 0 fully saturated rings. The van der Waals surface area contributed by atoms with E-state index >= 15 is 0 Å². The highest BCUT2D eigenvalue weighted by atomic mass is 35.5. The number of aliphatic carboxylic acids is 1. The topological polar surface area (TPSA) is 104 Å². The van der Waals surface area contributed by atoms with Crippen molar-refractivity contribution in [2.45, 2.75) is 18.9 Å². The lowest BCUT2D eigenvalue weighted by Gasteiger charge is -2.14. The Balaban J connectivity index is 2.48. The third kappa shape index (κ3) is 6.01. The summed E-state index contributed by atoms with van der Waals surface area (Å²) in [5, 5.41) is 15.0. The van der Waals surface area contributed by atoms with Crippen molar-refractivity contribution in [3.8, 4) is 0 Å². The van der Waals surface area contributed by atoms with Crippen molar-refractivity contribution in [3.05, 3.63) is 29.3 Å². The van der Waals surface area contributed by atoms with Gasteiger partial charge in [0.15, 0.2) is 0 Å². The highest BCUT2D eigenvalue weighted by Gasteiger charge is 2.20. The summed E-state index contributed by atoms with van der Waals surface area (Å²) >= 11 is 5.73. The quantitative estimate of drug-likeness (QED) is 0.537. The summed E-state index contributed by atoms with van der Waals surface area (Å²) in [5.41, 5.74) is 5.90. The van der Waals surface area contributed by atoms with Crippen molar-refractivity contribution in [2.24, 2.45) is 5.73 Å². The summed E-state index contributed by atoms with van der Waals surface area (Å²) < 4.78 is 0. The molecule has 0 saturated heterocycles. The Morgan fingerprint density at radius 1 is 1.30 bits per heavy atom. The van der Waals surface area contributed by atoms with E-state index in [0.29, 0.717) is 30.2 Å². The van der Waals surface area contributed by atoms with E-state index in [1.807, 2.05) is 0 Å². The minimum atomic E-state index is -1.06. The second kappa shape index (κ2) is 8.52. The third-order valence-electron chi connectivity index (χ3n) is 2.59. The van der Waals surface area contributed by atoms with Crippen LogP contribution in [0.4, 0.5) is 5.69 Å². The Hall–Kier alpha value is -1.63. The molecular formula is C13H18ClN3O3. The fraction of sp³-hybridized carbons (Fsp3) is 0.385. The van der Waals surface area contributed by atoms with Gasteiger partial charge in [0, 0.05) is 10.7 Å². The van der Waals surface area contributed by atoms with Gasteiger partial charge in [0.2, 0.25) is 5.91 Å². The molecule has 0 radical (unpaired) electrons. The molecule has 1 aromatic rings. The van der Waals surface area contributed by atoms with E-state index in [2.05, 4.69) is 10.6 Å². The molecule has 0 aliphatic rings. The summed E-state index contributed by atoms with van der Waals surface area (Å²) in [4.78, 5) is 22.8. The first kappa shape index (κ1) is 16.4. The number of benzene rings is 1. The average Bonchev–Trinajstić information content (AvgIpc) is 2.40. The van der Waals surface area contributed by atoms with Crippen LogP contribution in [0.1, 0.15) is 12.8 Å². The standard InChI is InChI=1S/C13H18ClN3O3/c14-9-2-4-10(5-3-9)17-12(18)8-11(13(19)20)16-7-1-6-15/h2-5,11,16H,1,6-8,15H2,(H,17,18)(H,19,20)/t11-/m0/s1. The first-order chi connectivity index (χ1) is 9.52. The van der Waals surface area contributed by atoms with Crippen LogP contribution in [0.5, 0.6) is 0 Å². The first-order valence-electron chi connectivity index (χ1n) is 6.24. The predicted octanol–water partition coefficient (Wildman–Crippen LogP) is 1.06. The lowest BCUT2D eigenvalue weighted by Crippen LogP contribution is -2.40. The molecule has 1 aromatic carbocycles. The smallest absolute Gasteiger partial charge is 0.321 e. The van der Waals surface area contributed by atoms with Crippen molar-refractivity contribution in [3.63, 3.8) is 0 Å². The monoisotopic (exact) mass is 299 g/mol. The highest BCUT2D eigenvalue weighted by molar-refractivity contribution is 6.30. The van der Waals surface area contributed by atoms with Crippen molar-refractivity contribution in [1.82, 2.24) is 5.32 Å². The van der Waals surface area contributed by atoms with Gasteiger partial charge in [-0.3, -0.25) is 9.59 Å². The maximum atomic E-state index is 11.8. The lowest BCUT2D eigenvalue weighted by molar-refractivity contribution is -0.141. The minimum Gasteiger partial charge on any atom is -0.480 e. The summed E-state index contributed by atoms with van der Waals surface area (Å²) in [6.45, 7) is 0.929. The van der Waals surface area contributed by atoms with E-state index in [1.165, 1.54) is 0 Å². The number of halogens is 1. The van der Waals surface area contributed by atoms with Gasteiger partial charge in [-0.15, -0.1) is 0 Å². The SMILES string of the molecule is NCCCN[C@@H](CC(=O)Nc1ccc(Cl)cc1)C(=O)O. The molecule has 1 amide bonds.